The zero-order chi connectivity index (χ0) is 58.2. The van der Waals surface area contributed by atoms with E-state index in [-0.39, 0.29) is 96.6 Å². The van der Waals surface area contributed by atoms with Gasteiger partial charge in [-0.1, -0.05) is 156 Å². The molecular weight excluding hydrogens is 841 g/mol. The summed E-state index contributed by atoms with van der Waals surface area (Å²) in [6, 6.07) is 10.7. The third-order valence-corrected chi connectivity index (χ3v) is 10.0. The van der Waals surface area contributed by atoms with Crippen LogP contribution < -0.4 is 11.2 Å². The van der Waals surface area contributed by atoms with Crippen LogP contribution >= 0.6 is 23.2 Å². The monoisotopic (exact) mass is 898 g/mol. The first-order valence-corrected chi connectivity index (χ1v) is 19.4. The molecule has 6 aromatic carbocycles. The number of carbonyl (C=O) groups is 1. The summed E-state index contributed by atoms with van der Waals surface area (Å²) in [4.78, 5) is 18.5. The second-order valence-corrected chi connectivity index (χ2v) is 14.9. The number of nitrogen functional groups attached to an aromatic ring is 1. The van der Waals surface area contributed by atoms with Gasteiger partial charge in [-0.25, -0.2) is 23.1 Å². The predicted molar refractivity (Wildman–Crippen MR) is 252 cm³/mol. The molecule has 1 fully saturated rings. The molecule has 6 nitrogen and oxygen atoms in total. The SMILES string of the molecule is Nc1cccc(Cl)c1F.[2H]c1c([2H])c([2H])c(-c2ccc3ccc(B4OC(C)(C)C(C)(C)O4)c(F)c3n2)c([2H])c1[2H].[2H]c1c([2H])c([2H])c(-c2ccc3ccc(Cl)c(F)c3n2)c([2H])c1[2H].[2H]c1c([2H])c([2H])c(/C=C/C=O)c([2H])c1[2H]. The Hall–Kier alpha value is -6.30. The lowest BCUT2D eigenvalue weighted by Crippen LogP contribution is -2.41. The third kappa shape index (κ3) is 11.4. The summed E-state index contributed by atoms with van der Waals surface area (Å²) >= 11 is 11.1. The van der Waals surface area contributed by atoms with Gasteiger partial charge in [0.1, 0.15) is 23.1 Å². The first-order valence-electron chi connectivity index (χ1n) is 26.1. The number of fused-ring (bicyclic) bond motifs is 2. The topological polar surface area (TPSA) is 87.3 Å². The van der Waals surface area contributed by atoms with E-state index in [0.717, 1.165) is 6.08 Å². The largest absolute Gasteiger partial charge is 0.497 e. The summed E-state index contributed by atoms with van der Waals surface area (Å²) in [7, 11) is -0.916. The highest BCUT2D eigenvalue weighted by Crippen LogP contribution is 2.37. The summed E-state index contributed by atoms with van der Waals surface area (Å²) in [6.45, 7) is 7.50. The molecule has 12 heteroatoms. The van der Waals surface area contributed by atoms with Gasteiger partial charge in [0.25, 0.3) is 0 Å². The van der Waals surface area contributed by atoms with Crippen LogP contribution in [0, 0.1) is 17.5 Å². The number of aromatic nitrogens is 2. The number of hydrogen-bond donors (Lipinski definition) is 1. The zero-order valence-electron chi connectivity index (χ0n) is 48.7. The van der Waals surface area contributed by atoms with Gasteiger partial charge in [0.05, 0.1) is 58.9 Å². The summed E-state index contributed by atoms with van der Waals surface area (Å²) in [5.41, 5.74) is 4.22. The van der Waals surface area contributed by atoms with E-state index < -0.39 is 90.2 Å². The molecule has 3 heterocycles. The summed E-state index contributed by atoms with van der Waals surface area (Å²) in [6.07, 6.45) is 2.78. The van der Waals surface area contributed by atoms with Crippen LogP contribution in [0.5, 0.6) is 0 Å². The highest BCUT2D eigenvalue weighted by atomic mass is 35.5. The average molecular weight is 900 g/mol. The maximum atomic E-state index is 15.5. The third-order valence-electron chi connectivity index (χ3n) is 9.45. The number of allylic oxidation sites excluding steroid dienone is 1. The molecule has 2 N–H and O–H groups in total. The minimum absolute atomic E-state index is 0.0107. The van der Waals surface area contributed by atoms with Crippen LogP contribution in [0.4, 0.5) is 18.9 Å². The molecule has 9 rings (SSSR count). The smallest absolute Gasteiger partial charge is 0.399 e. The molecule has 0 aliphatic carbocycles. The number of nitrogens with two attached hydrogens (primary N) is 1. The normalized spacial score (nSPS) is 17.0. The number of halogens is 5. The van der Waals surface area contributed by atoms with Gasteiger partial charge in [-0.15, -0.1) is 0 Å². The molecule has 63 heavy (non-hydrogen) atoms. The van der Waals surface area contributed by atoms with Gasteiger partial charge < -0.3 is 15.0 Å². The van der Waals surface area contributed by atoms with Gasteiger partial charge in [0, 0.05) is 27.4 Å². The lowest BCUT2D eigenvalue weighted by molar-refractivity contribution is -0.104. The van der Waals surface area contributed by atoms with Crippen LogP contribution in [0.2, 0.25) is 10.0 Å². The van der Waals surface area contributed by atoms with Gasteiger partial charge in [-0.3, -0.25) is 4.79 Å². The predicted octanol–water partition coefficient (Wildman–Crippen LogP) is 13.0. The highest BCUT2D eigenvalue weighted by Gasteiger charge is 2.52. The molecule has 0 saturated carbocycles. The Morgan fingerprint density at radius 2 is 1.08 bits per heavy atom. The maximum Gasteiger partial charge on any atom is 0.497 e. The summed E-state index contributed by atoms with van der Waals surface area (Å²) < 4.78 is 170. The number of anilines is 1. The van der Waals surface area contributed by atoms with Crippen molar-refractivity contribution in [2.24, 2.45) is 0 Å². The van der Waals surface area contributed by atoms with Crippen molar-refractivity contribution in [3.63, 3.8) is 0 Å². The van der Waals surface area contributed by atoms with Gasteiger partial charge >= 0.3 is 7.12 Å². The van der Waals surface area contributed by atoms with Gasteiger partial charge in [-0.2, -0.15) is 0 Å². The molecule has 1 aliphatic heterocycles. The maximum absolute atomic E-state index is 15.5. The van der Waals surface area contributed by atoms with E-state index >= 15 is 4.39 Å². The molecular formula is C51H43BCl2F3N3O3. The number of pyridine rings is 2. The van der Waals surface area contributed by atoms with Gasteiger partial charge in [0.15, 0.2) is 11.6 Å². The number of hydrogen-bond acceptors (Lipinski definition) is 6. The van der Waals surface area contributed by atoms with Gasteiger partial charge in [-0.05, 0) is 69.7 Å². The Kier molecular flexibility index (Phi) is 9.83. The zero-order valence-corrected chi connectivity index (χ0v) is 35.3. The fourth-order valence-electron chi connectivity index (χ4n) is 5.48. The molecule has 0 unspecified atom stereocenters. The first-order chi connectivity index (χ1) is 36.4. The van der Waals surface area contributed by atoms with E-state index in [1.165, 1.54) is 36.4 Å². The van der Waals surface area contributed by atoms with Crippen molar-refractivity contribution >= 4 is 75.6 Å². The van der Waals surface area contributed by atoms with Crippen molar-refractivity contribution in [2.75, 3.05) is 5.73 Å². The molecule has 0 radical (unpaired) electrons. The Labute approximate surface area is 396 Å². The van der Waals surface area contributed by atoms with Crippen molar-refractivity contribution in [1.82, 2.24) is 9.97 Å². The van der Waals surface area contributed by atoms with E-state index in [2.05, 4.69) is 9.97 Å². The van der Waals surface area contributed by atoms with Gasteiger partial charge in [0.2, 0.25) is 0 Å². The van der Waals surface area contributed by atoms with E-state index in [4.69, 9.17) is 58.8 Å². The van der Waals surface area contributed by atoms with E-state index in [0.29, 0.717) is 17.1 Å². The molecule has 1 saturated heterocycles. The minimum Gasteiger partial charge on any atom is -0.399 e. The van der Waals surface area contributed by atoms with Crippen LogP contribution in [0.3, 0.4) is 0 Å². The van der Waals surface area contributed by atoms with Crippen LogP contribution in [-0.2, 0) is 14.1 Å². The number of carbonyl (C=O) groups excluding carboxylic acids is 1. The molecule has 2 aromatic heterocycles. The molecule has 0 spiro atoms. The first kappa shape index (κ1) is 29.9. The standard InChI is InChI=1S/C21H21BFNO2.C15H9ClFN.C9H8O.C6H5ClFN/c1-20(2)21(3,4)26-22(25-20)16-12-10-15-11-13-17(24-19(15)18(16)23)14-8-6-5-7-9-14;16-12-8-6-11-7-9-13(18-15(11)14(12)17)10-4-2-1-3-5-10;10-8-4-7-9-5-2-1-3-6-9;7-4-2-1-3-5(9)6(4)8/h5-13H,1-4H3;1-9H;1-8H;1-3H,9H2/b;;7-4+;/i5D,6D,7D,8D,9D;1D,2D,3D,4D,5D;1D,2D,3D,5D,6D;. The second-order valence-electron chi connectivity index (χ2n) is 14.1. The quantitative estimate of drug-likeness (QED) is 0.0801. The lowest BCUT2D eigenvalue weighted by Gasteiger charge is -2.32. The molecule has 0 atom stereocenters. The Balaban J connectivity index is 0.000000183. The van der Waals surface area contributed by atoms with Crippen LogP contribution in [0.15, 0.2) is 163 Å². The minimum atomic E-state index is -0.916. The van der Waals surface area contributed by atoms with E-state index in [1.54, 1.807) is 36.4 Å². The fraction of sp³-hybridized carbons (Fsp3) is 0.118. The number of aldehydes is 1. The number of benzene rings is 6. The molecule has 318 valence electrons. The van der Waals surface area contributed by atoms with Crippen LogP contribution in [-0.4, -0.2) is 34.6 Å². The summed E-state index contributed by atoms with van der Waals surface area (Å²) in [5.74, 6) is -1.89. The fourth-order valence-corrected chi connectivity index (χ4v) is 5.82. The number of nitrogens with zero attached hydrogens (tertiary/aromatic N) is 2. The van der Waals surface area contributed by atoms with Crippen molar-refractivity contribution in [3.8, 4) is 22.5 Å². The van der Waals surface area contributed by atoms with E-state index in [1.807, 2.05) is 27.7 Å². The highest BCUT2D eigenvalue weighted by molar-refractivity contribution is 6.62. The van der Waals surface area contributed by atoms with Crippen molar-refractivity contribution in [2.45, 2.75) is 38.9 Å². The molecule has 0 bridgehead atoms. The summed E-state index contributed by atoms with van der Waals surface area (Å²) in [5, 5.41) is 0.982. The van der Waals surface area contributed by atoms with Crippen molar-refractivity contribution in [1.29, 1.82) is 0 Å². The molecule has 1 aliphatic rings. The Bertz CT molecular complexity index is 3630. The Morgan fingerprint density at radius 3 is 1.57 bits per heavy atom. The number of rotatable bonds is 5. The second kappa shape index (κ2) is 20.7. The van der Waals surface area contributed by atoms with Crippen molar-refractivity contribution < 1.29 is 47.8 Å². The van der Waals surface area contributed by atoms with E-state index in [9.17, 15) is 13.6 Å². The lowest BCUT2D eigenvalue weighted by atomic mass is 9.78. The Morgan fingerprint density at radius 1 is 0.619 bits per heavy atom. The molecule has 0 amide bonds. The average Bonchev–Trinajstić information content (AvgIpc) is 3.70. The molecule has 8 aromatic rings. The van der Waals surface area contributed by atoms with Crippen LogP contribution in [0.25, 0.3) is 50.4 Å². The van der Waals surface area contributed by atoms with Crippen molar-refractivity contribution in [3.05, 3.63) is 197 Å². The van der Waals surface area contributed by atoms with Crippen LogP contribution in [0.1, 0.15) is 53.8 Å².